The Morgan fingerprint density at radius 3 is 2.56 bits per heavy atom. The van der Waals surface area contributed by atoms with Crippen molar-refractivity contribution in [2.24, 2.45) is 5.10 Å². The fraction of sp³-hybridized carbons (Fsp3) is 0.121. The number of hydrogen-bond donors (Lipinski definition) is 0. The summed E-state index contributed by atoms with van der Waals surface area (Å²) in [5.41, 5.74) is 2.02. The van der Waals surface area contributed by atoms with Crippen molar-refractivity contribution < 1.29 is 18.6 Å². The molecule has 0 saturated heterocycles. The summed E-state index contributed by atoms with van der Waals surface area (Å²) in [6, 6.07) is 21.2. The van der Waals surface area contributed by atoms with Crippen LogP contribution in [0.2, 0.25) is 15.1 Å². The van der Waals surface area contributed by atoms with Gasteiger partial charge in [0.1, 0.15) is 23.0 Å². The van der Waals surface area contributed by atoms with Crippen LogP contribution in [0.3, 0.4) is 0 Å². The van der Waals surface area contributed by atoms with E-state index in [0.717, 1.165) is 10.9 Å². The van der Waals surface area contributed by atoms with Crippen LogP contribution in [-0.2, 0) is 6.61 Å². The molecule has 0 atom stereocenters. The molecule has 6 aromatic rings. The maximum Gasteiger partial charge on any atom is 0.282 e. The molecule has 45 heavy (non-hydrogen) atoms. The quantitative estimate of drug-likeness (QED) is 0.138. The molecule has 12 heteroatoms. The number of para-hydroxylation sites is 1. The van der Waals surface area contributed by atoms with E-state index >= 15 is 0 Å². The van der Waals surface area contributed by atoms with Gasteiger partial charge in [0.2, 0.25) is 5.82 Å². The van der Waals surface area contributed by atoms with Crippen molar-refractivity contribution in [2.45, 2.75) is 13.5 Å². The van der Waals surface area contributed by atoms with Crippen molar-refractivity contribution >= 4 is 78.8 Å². The standard InChI is InChI=1S/C33H23BrCl3N3O5/c1-3-43-27-14-19(29(34)30(37)31(27)44-17-18-11-12-22(35)23(36)13-18)16-38-40-32(39-24-8-5-4-7-20(24)33(40)41)28-15-21-25(42-2)9-6-10-26(21)45-28/h4-16H,3,17H2,1-2H3. The van der Waals surface area contributed by atoms with Gasteiger partial charge in [-0.15, -0.1) is 0 Å². The van der Waals surface area contributed by atoms with E-state index in [2.05, 4.69) is 21.0 Å². The second-order valence-corrected chi connectivity index (χ2v) is 11.7. The minimum absolute atomic E-state index is 0.167. The first-order valence-electron chi connectivity index (χ1n) is 13.6. The van der Waals surface area contributed by atoms with Gasteiger partial charge in [-0.3, -0.25) is 4.79 Å². The molecule has 0 N–H and O–H groups in total. The average molecular weight is 728 g/mol. The summed E-state index contributed by atoms with van der Waals surface area (Å²) < 4.78 is 25.2. The molecule has 0 radical (unpaired) electrons. The van der Waals surface area contributed by atoms with Crippen LogP contribution >= 0.6 is 50.7 Å². The molecule has 0 amide bonds. The van der Waals surface area contributed by atoms with Gasteiger partial charge in [-0.2, -0.15) is 9.78 Å². The zero-order valence-corrected chi connectivity index (χ0v) is 27.7. The van der Waals surface area contributed by atoms with Crippen molar-refractivity contribution in [3.8, 4) is 28.8 Å². The van der Waals surface area contributed by atoms with E-state index in [1.165, 1.54) is 10.9 Å². The topological polar surface area (TPSA) is 88.1 Å². The van der Waals surface area contributed by atoms with Crippen LogP contribution in [0.1, 0.15) is 18.1 Å². The number of furan rings is 1. The van der Waals surface area contributed by atoms with Crippen molar-refractivity contribution in [2.75, 3.05) is 13.7 Å². The molecule has 2 aromatic heterocycles. The van der Waals surface area contributed by atoms with E-state index in [0.29, 0.717) is 66.2 Å². The molecule has 0 aliphatic rings. The van der Waals surface area contributed by atoms with Crippen LogP contribution in [0, 0.1) is 0 Å². The van der Waals surface area contributed by atoms with E-state index in [-0.39, 0.29) is 23.0 Å². The van der Waals surface area contributed by atoms with Gasteiger partial charge in [0.25, 0.3) is 5.56 Å². The molecule has 6 rings (SSSR count). The van der Waals surface area contributed by atoms with E-state index in [1.807, 2.05) is 37.3 Å². The smallest absolute Gasteiger partial charge is 0.282 e. The Morgan fingerprint density at radius 1 is 0.956 bits per heavy atom. The Hall–Kier alpha value is -4.02. The summed E-state index contributed by atoms with van der Waals surface area (Å²) in [5, 5.41) is 6.83. The fourth-order valence-corrected chi connectivity index (χ4v) is 5.69. The van der Waals surface area contributed by atoms with Crippen molar-refractivity contribution in [3.05, 3.63) is 114 Å². The lowest BCUT2D eigenvalue weighted by Crippen LogP contribution is -2.20. The minimum Gasteiger partial charge on any atom is -0.496 e. The van der Waals surface area contributed by atoms with Crippen LogP contribution in [0.25, 0.3) is 33.5 Å². The van der Waals surface area contributed by atoms with Crippen LogP contribution < -0.4 is 19.8 Å². The molecular weight excluding hydrogens is 705 g/mol. The third-order valence-electron chi connectivity index (χ3n) is 6.85. The Morgan fingerprint density at radius 2 is 1.78 bits per heavy atom. The van der Waals surface area contributed by atoms with E-state index in [9.17, 15) is 4.79 Å². The second-order valence-electron chi connectivity index (χ2n) is 9.69. The molecule has 0 bridgehead atoms. The number of methoxy groups -OCH3 is 1. The number of aromatic nitrogens is 2. The molecule has 228 valence electrons. The Balaban J connectivity index is 1.43. The summed E-state index contributed by atoms with van der Waals surface area (Å²) in [5.74, 6) is 1.90. The largest absolute Gasteiger partial charge is 0.496 e. The van der Waals surface area contributed by atoms with Gasteiger partial charge >= 0.3 is 0 Å². The maximum absolute atomic E-state index is 13.8. The van der Waals surface area contributed by atoms with Crippen LogP contribution in [0.5, 0.6) is 17.2 Å². The molecule has 0 fully saturated rings. The van der Waals surface area contributed by atoms with Gasteiger partial charge in [0.05, 0.1) is 46.3 Å². The SMILES string of the molecule is CCOc1cc(C=Nn2c(-c3cc4c(OC)cccc4o3)nc3ccccc3c2=O)c(Br)c(Cl)c1OCc1ccc(Cl)c(Cl)c1. The summed E-state index contributed by atoms with van der Waals surface area (Å²) in [6.45, 7) is 2.37. The first kappa shape index (κ1) is 31.0. The Kier molecular flexibility index (Phi) is 9.05. The molecule has 8 nitrogen and oxygen atoms in total. The molecule has 0 spiro atoms. The Bertz CT molecular complexity index is 2160. The second kappa shape index (κ2) is 13.1. The molecule has 4 aromatic carbocycles. The number of benzene rings is 4. The van der Waals surface area contributed by atoms with Crippen molar-refractivity contribution in [1.82, 2.24) is 9.66 Å². The van der Waals surface area contributed by atoms with E-state index < -0.39 is 0 Å². The minimum atomic E-state index is -0.381. The first-order chi connectivity index (χ1) is 21.8. The molecule has 0 aliphatic carbocycles. The average Bonchev–Trinajstić information content (AvgIpc) is 3.49. The lowest BCUT2D eigenvalue weighted by Gasteiger charge is -2.16. The number of ether oxygens (including phenoxy) is 3. The maximum atomic E-state index is 13.8. The number of hydrogen-bond acceptors (Lipinski definition) is 7. The molecule has 2 heterocycles. The third kappa shape index (κ3) is 6.13. The number of nitrogens with zero attached hydrogens (tertiary/aromatic N) is 3. The molecule has 0 unspecified atom stereocenters. The highest BCUT2D eigenvalue weighted by atomic mass is 79.9. The molecule has 0 saturated carbocycles. The van der Waals surface area contributed by atoms with Crippen LogP contribution in [0.4, 0.5) is 0 Å². The lowest BCUT2D eigenvalue weighted by atomic mass is 10.2. The highest BCUT2D eigenvalue weighted by Crippen LogP contribution is 2.43. The third-order valence-corrected chi connectivity index (χ3v) is 9.03. The first-order valence-corrected chi connectivity index (χ1v) is 15.6. The van der Waals surface area contributed by atoms with E-state index in [4.69, 9.17) is 58.4 Å². The zero-order chi connectivity index (χ0) is 31.7. The van der Waals surface area contributed by atoms with Crippen LogP contribution in [-0.4, -0.2) is 29.6 Å². The lowest BCUT2D eigenvalue weighted by molar-refractivity contribution is 0.269. The summed E-state index contributed by atoms with van der Waals surface area (Å²) in [7, 11) is 1.58. The van der Waals surface area contributed by atoms with Gasteiger partial charge in [-0.1, -0.05) is 59.1 Å². The highest BCUT2D eigenvalue weighted by molar-refractivity contribution is 9.10. The predicted octanol–water partition coefficient (Wildman–Crippen LogP) is 9.40. The molecule has 0 aliphatic heterocycles. The van der Waals surface area contributed by atoms with Crippen LogP contribution in [0.15, 0.2) is 91.6 Å². The fourth-order valence-electron chi connectivity index (χ4n) is 4.71. The number of rotatable bonds is 9. The highest BCUT2D eigenvalue weighted by Gasteiger charge is 2.20. The van der Waals surface area contributed by atoms with Gasteiger partial charge in [-0.05, 0) is 76.9 Å². The summed E-state index contributed by atoms with van der Waals surface area (Å²) in [6.07, 6.45) is 1.49. The monoisotopic (exact) mass is 725 g/mol. The Labute approximate surface area is 280 Å². The number of halogens is 4. The van der Waals surface area contributed by atoms with Gasteiger partial charge in [-0.25, -0.2) is 4.98 Å². The predicted molar refractivity (Wildman–Crippen MR) is 182 cm³/mol. The van der Waals surface area contributed by atoms with Gasteiger partial charge in [0.15, 0.2) is 17.3 Å². The zero-order valence-electron chi connectivity index (χ0n) is 23.8. The van der Waals surface area contributed by atoms with Gasteiger partial charge < -0.3 is 18.6 Å². The normalized spacial score (nSPS) is 11.5. The van der Waals surface area contributed by atoms with Crippen molar-refractivity contribution in [1.29, 1.82) is 0 Å². The summed E-state index contributed by atoms with van der Waals surface area (Å²) in [4.78, 5) is 18.5. The van der Waals surface area contributed by atoms with E-state index in [1.54, 1.807) is 49.6 Å². The summed E-state index contributed by atoms with van der Waals surface area (Å²) >= 11 is 22.6. The van der Waals surface area contributed by atoms with Gasteiger partial charge in [0, 0.05) is 10.0 Å². The number of fused-ring (bicyclic) bond motifs is 2. The van der Waals surface area contributed by atoms with Crippen molar-refractivity contribution in [3.63, 3.8) is 0 Å². The molecular formula is C33H23BrCl3N3O5.